The average Bonchev–Trinajstić information content (AvgIpc) is 3.34. The molecule has 2 aliphatic rings. The first-order valence-corrected chi connectivity index (χ1v) is 27.6. The van der Waals surface area contributed by atoms with Gasteiger partial charge in [0.1, 0.15) is 18.6 Å². The van der Waals surface area contributed by atoms with E-state index in [1.807, 2.05) is 51.3 Å². The van der Waals surface area contributed by atoms with E-state index in [2.05, 4.69) is 41.6 Å². The summed E-state index contributed by atoms with van der Waals surface area (Å²) in [5, 5.41) is 127. The van der Waals surface area contributed by atoms with E-state index in [0.29, 0.717) is 12.2 Å². The smallest absolute Gasteiger partial charge is 0.317 e. The van der Waals surface area contributed by atoms with Gasteiger partial charge in [-0.05, 0) is 88.2 Å². The summed E-state index contributed by atoms with van der Waals surface area (Å²) in [7, 11) is 3.56. The van der Waals surface area contributed by atoms with Gasteiger partial charge in [-0.15, -0.1) is 0 Å². The average molecular weight is 1080 g/mol. The Morgan fingerprint density at radius 3 is 2.11 bits per heavy atom. The number of aliphatic imine (C=N–C) groups is 1. The van der Waals surface area contributed by atoms with E-state index >= 15 is 0 Å². The molecule has 13 N–H and O–H groups in total. The van der Waals surface area contributed by atoms with Crippen molar-refractivity contribution in [3.05, 3.63) is 59.8 Å². The van der Waals surface area contributed by atoms with Crippen molar-refractivity contribution in [3.8, 4) is 0 Å². The Kier molecular flexibility index (Phi) is 32.3. The molecule has 0 radical (unpaired) electrons. The largest absolute Gasteiger partial charge is 0.481 e. The number of aliphatic hydroxyl groups is 10. The third-order valence-electron chi connectivity index (χ3n) is 15.0. The van der Waals surface area contributed by atoms with Crippen LogP contribution in [-0.4, -0.2) is 180 Å². The number of aliphatic hydroxyl groups excluding tert-OH is 9. The van der Waals surface area contributed by atoms with Crippen LogP contribution in [-0.2, 0) is 23.8 Å². The first-order chi connectivity index (χ1) is 35.8. The first kappa shape index (κ1) is 68.5. The predicted molar refractivity (Wildman–Crippen MR) is 292 cm³/mol. The van der Waals surface area contributed by atoms with Gasteiger partial charge in [0.05, 0.1) is 67.6 Å². The lowest BCUT2D eigenvalue weighted by Gasteiger charge is -2.45. The van der Waals surface area contributed by atoms with Crippen molar-refractivity contribution >= 4 is 17.9 Å². The van der Waals surface area contributed by atoms with Crippen molar-refractivity contribution in [2.75, 3.05) is 27.2 Å². The number of carboxylic acids is 1. The molecule has 438 valence electrons. The normalized spacial score (nSPS) is 35.8. The number of nitrogens with one attached hydrogen (secondary N) is 2. The minimum atomic E-state index is -2.50. The molecule has 0 aromatic carbocycles. The van der Waals surface area contributed by atoms with Crippen LogP contribution >= 0.6 is 0 Å². The molecule has 0 saturated carbocycles. The zero-order chi connectivity index (χ0) is 57.1. The van der Waals surface area contributed by atoms with Gasteiger partial charge in [0.15, 0.2) is 11.7 Å². The molecule has 19 nitrogen and oxygen atoms in total. The number of esters is 1. The molecule has 0 aliphatic carbocycles. The van der Waals surface area contributed by atoms with Crippen molar-refractivity contribution in [3.63, 3.8) is 0 Å². The highest BCUT2D eigenvalue weighted by atomic mass is 16.7. The summed E-state index contributed by atoms with van der Waals surface area (Å²) in [4.78, 5) is 28.1. The van der Waals surface area contributed by atoms with E-state index in [0.717, 1.165) is 50.2 Å². The van der Waals surface area contributed by atoms with E-state index in [9.17, 15) is 65.8 Å². The fourth-order valence-electron chi connectivity index (χ4n) is 9.73. The van der Waals surface area contributed by atoms with Crippen LogP contribution in [0, 0.1) is 29.6 Å². The van der Waals surface area contributed by atoms with Crippen LogP contribution in [0.1, 0.15) is 145 Å². The number of guanidine groups is 1. The Hall–Kier alpha value is -3.57. The van der Waals surface area contributed by atoms with Gasteiger partial charge in [-0.2, -0.15) is 0 Å². The number of carbonyl (C=O) groups excluding carboxylic acids is 1. The lowest BCUT2D eigenvalue weighted by atomic mass is 9.84. The second-order valence-electron chi connectivity index (χ2n) is 21.9. The summed E-state index contributed by atoms with van der Waals surface area (Å²) in [6.45, 7) is 14.3. The lowest BCUT2D eigenvalue weighted by Crippen LogP contribution is -2.60. The van der Waals surface area contributed by atoms with Crippen LogP contribution in [0.5, 0.6) is 0 Å². The summed E-state index contributed by atoms with van der Waals surface area (Å²) in [5.41, 5.74) is 1.51. The topological polar surface area (TPSA) is 321 Å². The van der Waals surface area contributed by atoms with Crippen LogP contribution in [0.4, 0.5) is 0 Å². The highest BCUT2D eigenvalue weighted by Crippen LogP contribution is 2.36. The predicted octanol–water partition coefficient (Wildman–Crippen LogP) is 4.11. The first-order valence-electron chi connectivity index (χ1n) is 27.6. The monoisotopic (exact) mass is 1080 g/mol. The second kappa shape index (κ2) is 35.8. The van der Waals surface area contributed by atoms with Crippen LogP contribution in [0.15, 0.2) is 64.7 Å². The zero-order valence-corrected chi connectivity index (χ0v) is 46.9. The Bertz CT molecular complexity index is 1860. The van der Waals surface area contributed by atoms with Gasteiger partial charge in [0.2, 0.25) is 0 Å². The molecule has 2 rings (SSSR count). The lowest BCUT2D eigenvalue weighted by molar-refractivity contribution is -0.333. The van der Waals surface area contributed by atoms with Crippen LogP contribution in [0.2, 0.25) is 0 Å². The Morgan fingerprint density at radius 1 is 0.803 bits per heavy atom. The number of carboxylic acid groups (broad SMARTS) is 1. The van der Waals surface area contributed by atoms with Gasteiger partial charge < -0.3 is 81.0 Å². The van der Waals surface area contributed by atoms with Gasteiger partial charge in [0.25, 0.3) is 0 Å². The molecular formula is C57H99N3O16. The van der Waals surface area contributed by atoms with Crippen molar-refractivity contribution in [1.29, 1.82) is 0 Å². The van der Waals surface area contributed by atoms with Crippen LogP contribution in [0.3, 0.4) is 0 Å². The summed E-state index contributed by atoms with van der Waals surface area (Å²) in [6, 6.07) is 0. The van der Waals surface area contributed by atoms with E-state index < -0.39 is 110 Å². The molecule has 0 spiro atoms. The molecule has 76 heavy (non-hydrogen) atoms. The van der Waals surface area contributed by atoms with Gasteiger partial charge in [0, 0.05) is 76.9 Å². The fourth-order valence-corrected chi connectivity index (χ4v) is 9.73. The standard InChI is InChI=1S/C57H99N3O16/c1-35-18-16-20-37(3)48(65)31-49(66)41(7)46(63)24-23-38(4)51(68)33-57(73)55(72)50(67)30-45(76-57)29-44(75-53(71)32-52(69)70)27-42(61)26-43(62)28-47(64)36(2)21-17-22-40(6)54(74-34-35)39(5)19-14-12-10-11-13-15-25-60-56(58-8)59-9/h10-11,16-18,20-22,37-51,54-55,61-68,72-73H,12-15,19,23-34H2,1-9H3,(H,69,70)(H2,58,59,60)/b11-10+,20-16?,22-17?,35-18?,36-21?/t37-,38-,39-,40+,41-,42+,43+,44-,45-,46+,47-,48-,49-,50+,51-,54-,55-,57+/m0/s1. The minimum Gasteiger partial charge on any atom is -0.481 e. The molecule has 1 fully saturated rings. The van der Waals surface area contributed by atoms with Gasteiger partial charge in [-0.1, -0.05) is 83.2 Å². The van der Waals surface area contributed by atoms with E-state index in [-0.39, 0.29) is 75.2 Å². The van der Waals surface area contributed by atoms with E-state index in [1.54, 1.807) is 33.9 Å². The minimum absolute atomic E-state index is 0.00156. The highest BCUT2D eigenvalue weighted by Gasteiger charge is 2.50. The molecule has 0 unspecified atom stereocenters. The van der Waals surface area contributed by atoms with E-state index in [4.69, 9.17) is 14.2 Å². The van der Waals surface area contributed by atoms with Crippen LogP contribution < -0.4 is 10.6 Å². The fraction of sp³-hybridized carbons (Fsp3) is 0.772. The van der Waals surface area contributed by atoms with Crippen molar-refractivity contribution in [2.24, 2.45) is 34.6 Å². The molecule has 18 atom stereocenters. The molecule has 2 heterocycles. The number of rotatable bonds is 12. The molecule has 2 bridgehead atoms. The summed E-state index contributed by atoms with van der Waals surface area (Å²) >= 11 is 0. The summed E-state index contributed by atoms with van der Waals surface area (Å²) in [6.07, 6.45) is 3.96. The van der Waals surface area contributed by atoms with Gasteiger partial charge in [-0.3, -0.25) is 14.6 Å². The molecular weight excluding hydrogens is 983 g/mol. The Morgan fingerprint density at radius 2 is 1.45 bits per heavy atom. The van der Waals surface area contributed by atoms with Gasteiger partial charge >= 0.3 is 11.9 Å². The Labute approximate surface area is 452 Å². The number of ether oxygens (including phenoxy) is 3. The van der Waals surface area contributed by atoms with Crippen molar-refractivity contribution in [2.45, 2.75) is 224 Å². The van der Waals surface area contributed by atoms with Crippen LogP contribution in [0.25, 0.3) is 0 Å². The SMILES string of the molecule is CN=C(NC)NCCC/C=C/CCC[C@H](C)[C@@H]1OCC(C)=CC=C[C@H](C)[C@@H](O)C[C@H](O)[C@@H](C)[C@H](O)CC[C@H](C)[C@@H](O)C[C@@]2(O)O[C@@H](C[C@@H](OC(=O)CC(=O)O)C[C@H](O)C[C@@H](O)C[C@H](O)C(C)=CC=C[C@H]1C)C[C@@H](O)[C@@H]2O. The zero-order valence-electron chi connectivity index (χ0n) is 46.9. The number of aliphatic carboxylic acids is 1. The van der Waals surface area contributed by atoms with Crippen molar-refractivity contribution < 1.29 is 80.0 Å². The number of allylic oxidation sites excluding steroid dienone is 6. The maximum Gasteiger partial charge on any atom is 0.317 e. The molecule has 19 heteroatoms. The molecule has 1 saturated heterocycles. The number of hydrogen-bond acceptors (Lipinski definition) is 16. The summed E-state index contributed by atoms with van der Waals surface area (Å²) in [5.74, 6) is -5.78. The number of hydrogen-bond donors (Lipinski definition) is 13. The number of nitrogens with zero attached hydrogens (tertiary/aromatic N) is 1. The number of unbranched alkanes of at least 4 members (excludes halogenated alkanes) is 2. The maximum atomic E-state index is 12.6. The Balaban J connectivity index is 2.39. The van der Waals surface area contributed by atoms with E-state index in [1.165, 1.54) is 0 Å². The van der Waals surface area contributed by atoms with Crippen molar-refractivity contribution in [1.82, 2.24) is 10.6 Å². The third-order valence-corrected chi connectivity index (χ3v) is 15.0. The highest BCUT2D eigenvalue weighted by molar-refractivity contribution is 5.90. The second-order valence-corrected chi connectivity index (χ2v) is 21.9. The molecule has 2 aliphatic heterocycles. The summed E-state index contributed by atoms with van der Waals surface area (Å²) < 4.78 is 18.0. The molecule has 0 aromatic heterocycles. The molecule has 0 aromatic rings. The molecule has 0 amide bonds. The third kappa shape index (κ3) is 25.9. The number of fused-ring (bicyclic) bond motifs is 2. The number of carbonyl (C=O) groups is 2. The van der Waals surface area contributed by atoms with Gasteiger partial charge in [-0.25, -0.2) is 0 Å². The maximum absolute atomic E-state index is 12.6. The quantitative estimate of drug-likeness (QED) is 0.0327.